The summed E-state index contributed by atoms with van der Waals surface area (Å²) in [5.74, 6) is 2.15. The van der Waals surface area contributed by atoms with Crippen LogP contribution >= 0.6 is 15.9 Å². The van der Waals surface area contributed by atoms with Gasteiger partial charge in [0.1, 0.15) is 11.5 Å². The molecule has 0 aromatic heterocycles. The molecule has 2 atom stereocenters. The smallest absolute Gasteiger partial charge is 0.223 e. The lowest BCUT2D eigenvalue weighted by atomic mass is 10.1. The zero-order valence-corrected chi connectivity index (χ0v) is 13.6. The third kappa shape index (κ3) is 2.92. The maximum atomic E-state index is 12.1. The first kappa shape index (κ1) is 15.2. The van der Waals surface area contributed by atoms with Crippen molar-refractivity contribution in [2.45, 2.75) is 19.4 Å². The van der Waals surface area contributed by atoms with Gasteiger partial charge in [-0.25, -0.2) is 0 Å². The fourth-order valence-corrected chi connectivity index (χ4v) is 3.05. The summed E-state index contributed by atoms with van der Waals surface area (Å²) in [5, 5.41) is 0.858. The minimum atomic E-state index is -0.0170. The monoisotopic (exact) mass is 341 g/mol. The number of methoxy groups -OCH3 is 2. The molecule has 0 N–H and O–H groups in total. The Labute approximate surface area is 128 Å². The van der Waals surface area contributed by atoms with E-state index < -0.39 is 0 Å². The molecule has 1 aromatic rings. The second-order valence-electron chi connectivity index (χ2n) is 5.05. The standard InChI is InChI=1S/C15H20BrNO3/c1-10(17-9-11(8-16)6-15(17)18)13-7-12(19-2)4-5-14(13)20-3/h4-5,7,10-11H,6,8-9H2,1-3H3. The molecule has 1 aliphatic heterocycles. The summed E-state index contributed by atoms with van der Waals surface area (Å²) in [7, 11) is 3.28. The number of amides is 1. The number of halogens is 1. The van der Waals surface area contributed by atoms with Crippen molar-refractivity contribution in [1.29, 1.82) is 0 Å². The largest absolute Gasteiger partial charge is 0.497 e. The summed E-state index contributed by atoms with van der Waals surface area (Å²) in [6.07, 6.45) is 0.613. The van der Waals surface area contributed by atoms with E-state index in [1.807, 2.05) is 30.0 Å². The third-order valence-electron chi connectivity index (χ3n) is 3.81. The second-order valence-corrected chi connectivity index (χ2v) is 5.70. The summed E-state index contributed by atoms with van der Waals surface area (Å²) >= 11 is 3.46. The van der Waals surface area contributed by atoms with E-state index in [2.05, 4.69) is 15.9 Å². The number of hydrogen-bond donors (Lipinski definition) is 0. The summed E-state index contributed by atoms with van der Waals surface area (Å²) in [6, 6.07) is 5.67. The lowest BCUT2D eigenvalue weighted by molar-refractivity contribution is -0.129. The summed E-state index contributed by atoms with van der Waals surface area (Å²) in [4.78, 5) is 14.1. The zero-order valence-electron chi connectivity index (χ0n) is 12.1. The Hall–Kier alpha value is -1.23. The summed E-state index contributed by atoms with van der Waals surface area (Å²) < 4.78 is 10.7. The molecule has 1 amide bonds. The van der Waals surface area contributed by atoms with Gasteiger partial charge in [-0.05, 0) is 31.0 Å². The molecular formula is C15H20BrNO3. The maximum Gasteiger partial charge on any atom is 0.223 e. The molecule has 1 saturated heterocycles. The first-order valence-corrected chi connectivity index (χ1v) is 7.80. The maximum absolute atomic E-state index is 12.1. The Bertz CT molecular complexity index is 492. The van der Waals surface area contributed by atoms with Gasteiger partial charge in [-0.15, -0.1) is 0 Å². The minimum Gasteiger partial charge on any atom is -0.497 e. The molecule has 0 saturated carbocycles. The normalized spacial score (nSPS) is 20.1. The summed E-state index contributed by atoms with van der Waals surface area (Å²) in [6.45, 7) is 2.82. The molecule has 1 heterocycles. The predicted octanol–water partition coefficient (Wildman–Crippen LogP) is 3.01. The topological polar surface area (TPSA) is 38.8 Å². The van der Waals surface area contributed by atoms with E-state index >= 15 is 0 Å². The fraction of sp³-hybridized carbons (Fsp3) is 0.533. The Morgan fingerprint density at radius 3 is 2.70 bits per heavy atom. The molecule has 1 fully saturated rings. The Morgan fingerprint density at radius 2 is 2.15 bits per heavy atom. The first-order valence-electron chi connectivity index (χ1n) is 6.68. The van der Waals surface area contributed by atoms with Crippen LogP contribution in [-0.4, -0.2) is 36.9 Å². The van der Waals surface area contributed by atoms with Crippen LogP contribution in [0.15, 0.2) is 18.2 Å². The van der Waals surface area contributed by atoms with Gasteiger partial charge >= 0.3 is 0 Å². The molecule has 20 heavy (non-hydrogen) atoms. The number of carbonyl (C=O) groups excluding carboxylic acids is 1. The van der Waals surface area contributed by atoms with E-state index in [1.54, 1.807) is 14.2 Å². The van der Waals surface area contributed by atoms with Crippen molar-refractivity contribution in [3.63, 3.8) is 0 Å². The number of rotatable bonds is 5. The van der Waals surface area contributed by atoms with Crippen molar-refractivity contribution in [3.05, 3.63) is 23.8 Å². The molecule has 110 valence electrons. The van der Waals surface area contributed by atoms with Gasteiger partial charge in [-0.2, -0.15) is 0 Å². The van der Waals surface area contributed by atoms with Crippen molar-refractivity contribution >= 4 is 21.8 Å². The molecule has 5 heteroatoms. The number of nitrogens with zero attached hydrogens (tertiary/aromatic N) is 1. The highest BCUT2D eigenvalue weighted by Gasteiger charge is 2.33. The molecular weight excluding hydrogens is 322 g/mol. The van der Waals surface area contributed by atoms with Gasteiger partial charge in [-0.1, -0.05) is 15.9 Å². The average molecular weight is 342 g/mol. The van der Waals surface area contributed by atoms with Crippen molar-refractivity contribution in [1.82, 2.24) is 4.90 Å². The van der Waals surface area contributed by atoms with Crippen molar-refractivity contribution in [2.75, 3.05) is 26.1 Å². The van der Waals surface area contributed by atoms with E-state index in [-0.39, 0.29) is 11.9 Å². The van der Waals surface area contributed by atoms with Gasteiger partial charge in [0.15, 0.2) is 0 Å². The quantitative estimate of drug-likeness (QED) is 0.772. The van der Waals surface area contributed by atoms with Crippen LogP contribution in [0.3, 0.4) is 0 Å². The van der Waals surface area contributed by atoms with E-state index in [4.69, 9.17) is 9.47 Å². The van der Waals surface area contributed by atoms with Crippen LogP contribution in [0.25, 0.3) is 0 Å². The minimum absolute atomic E-state index is 0.0170. The van der Waals surface area contributed by atoms with Gasteiger partial charge in [0, 0.05) is 23.9 Å². The Balaban J connectivity index is 2.28. The number of benzene rings is 1. The molecule has 2 rings (SSSR count). The van der Waals surface area contributed by atoms with Gasteiger partial charge in [-0.3, -0.25) is 4.79 Å². The Morgan fingerprint density at radius 1 is 1.40 bits per heavy atom. The highest BCUT2D eigenvalue weighted by molar-refractivity contribution is 9.09. The second kappa shape index (κ2) is 6.48. The van der Waals surface area contributed by atoms with E-state index in [1.165, 1.54) is 0 Å². The van der Waals surface area contributed by atoms with Crippen LogP contribution in [0.5, 0.6) is 11.5 Å². The summed E-state index contributed by atoms with van der Waals surface area (Å²) in [5.41, 5.74) is 0.982. The Kier molecular flexibility index (Phi) is 4.91. The van der Waals surface area contributed by atoms with Crippen LogP contribution in [-0.2, 0) is 4.79 Å². The predicted molar refractivity (Wildman–Crippen MR) is 81.6 cm³/mol. The first-order chi connectivity index (χ1) is 9.60. The van der Waals surface area contributed by atoms with Gasteiger partial charge in [0.2, 0.25) is 5.91 Å². The van der Waals surface area contributed by atoms with Gasteiger partial charge < -0.3 is 14.4 Å². The SMILES string of the molecule is COc1ccc(OC)c(C(C)N2CC(CBr)CC2=O)c1. The highest BCUT2D eigenvalue weighted by Crippen LogP contribution is 2.35. The van der Waals surface area contributed by atoms with Crippen LogP contribution in [0.1, 0.15) is 24.9 Å². The van der Waals surface area contributed by atoms with Crippen molar-refractivity contribution < 1.29 is 14.3 Å². The number of ether oxygens (including phenoxy) is 2. The number of likely N-dealkylation sites (tertiary alicyclic amines) is 1. The molecule has 0 radical (unpaired) electrons. The average Bonchev–Trinajstić information content (AvgIpc) is 2.86. The fourth-order valence-electron chi connectivity index (χ4n) is 2.62. The number of carbonyl (C=O) groups is 1. The van der Waals surface area contributed by atoms with Crippen LogP contribution < -0.4 is 9.47 Å². The zero-order chi connectivity index (χ0) is 14.7. The van der Waals surface area contributed by atoms with Crippen molar-refractivity contribution in [2.24, 2.45) is 5.92 Å². The lowest BCUT2D eigenvalue weighted by Gasteiger charge is -2.26. The van der Waals surface area contributed by atoms with Crippen LogP contribution in [0.2, 0.25) is 0 Å². The van der Waals surface area contributed by atoms with Crippen molar-refractivity contribution in [3.8, 4) is 11.5 Å². The molecule has 1 aromatic carbocycles. The molecule has 0 spiro atoms. The lowest BCUT2D eigenvalue weighted by Crippen LogP contribution is -2.29. The van der Waals surface area contributed by atoms with E-state index in [0.717, 1.165) is 28.9 Å². The number of alkyl halides is 1. The van der Waals surface area contributed by atoms with Crippen LogP contribution in [0, 0.1) is 5.92 Å². The van der Waals surface area contributed by atoms with Gasteiger partial charge in [0.25, 0.3) is 0 Å². The number of hydrogen-bond acceptors (Lipinski definition) is 3. The molecule has 2 unspecified atom stereocenters. The van der Waals surface area contributed by atoms with E-state index in [9.17, 15) is 4.79 Å². The molecule has 0 aliphatic carbocycles. The van der Waals surface area contributed by atoms with E-state index in [0.29, 0.717) is 12.3 Å². The molecule has 0 bridgehead atoms. The van der Waals surface area contributed by atoms with Gasteiger partial charge in [0.05, 0.1) is 20.3 Å². The third-order valence-corrected chi connectivity index (χ3v) is 4.73. The molecule has 4 nitrogen and oxygen atoms in total. The van der Waals surface area contributed by atoms with Crippen LogP contribution in [0.4, 0.5) is 0 Å². The molecule has 1 aliphatic rings. The highest BCUT2D eigenvalue weighted by atomic mass is 79.9.